The van der Waals surface area contributed by atoms with Crippen molar-refractivity contribution in [1.82, 2.24) is 14.8 Å². The maximum Gasteiger partial charge on any atom is 0.271 e. The van der Waals surface area contributed by atoms with Crippen molar-refractivity contribution >= 4 is 11.8 Å². The van der Waals surface area contributed by atoms with Crippen LogP contribution in [0.3, 0.4) is 0 Å². The molecule has 2 heterocycles. The molecule has 1 aliphatic heterocycles. The van der Waals surface area contributed by atoms with Crippen LogP contribution in [0.25, 0.3) is 0 Å². The van der Waals surface area contributed by atoms with Gasteiger partial charge in [0.05, 0.1) is 20.8 Å². The molecule has 0 bridgehead atoms. The number of nitrogens with one attached hydrogen (secondary N) is 1. The van der Waals surface area contributed by atoms with Gasteiger partial charge in [-0.05, 0) is 35.7 Å². The Kier molecular flexibility index (Phi) is 5.92. The second-order valence-electron chi connectivity index (χ2n) is 7.35. The minimum absolute atomic E-state index is 0.104. The van der Waals surface area contributed by atoms with Gasteiger partial charge in [0.15, 0.2) is 0 Å². The zero-order chi connectivity index (χ0) is 20.3. The first-order valence-corrected chi connectivity index (χ1v) is 9.38. The number of fused-ring (bicyclic) bond motifs is 1. The summed E-state index contributed by atoms with van der Waals surface area (Å²) >= 11 is 0. The van der Waals surface area contributed by atoms with Gasteiger partial charge in [0.2, 0.25) is 5.91 Å². The highest BCUT2D eigenvalue weighted by Crippen LogP contribution is 2.23. The predicted molar refractivity (Wildman–Crippen MR) is 105 cm³/mol. The Labute approximate surface area is 165 Å². The Morgan fingerprint density at radius 1 is 1.21 bits per heavy atom. The first-order chi connectivity index (χ1) is 13.4. The number of rotatable bonds is 7. The molecule has 0 saturated heterocycles. The Balaban J connectivity index is 1.76. The lowest BCUT2D eigenvalue weighted by molar-refractivity contribution is -0.126. The molecule has 0 aliphatic carbocycles. The Morgan fingerprint density at radius 2 is 1.89 bits per heavy atom. The summed E-state index contributed by atoms with van der Waals surface area (Å²) in [6, 6.07) is 8.58. The molecule has 7 nitrogen and oxygen atoms in total. The molecule has 28 heavy (non-hydrogen) atoms. The molecule has 3 rings (SSSR count). The fraction of sp³-hybridized carbons (Fsp3) is 0.429. The van der Waals surface area contributed by atoms with Crippen LogP contribution >= 0.6 is 0 Å². The first kappa shape index (κ1) is 19.8. The van der Waals surface area contributed by atoms with E-state index in [1.165, 1.54) is 0 Å². The van der Waals surface area contributed by atoms with Crippen LogP contribution in [0, 0.1) is 5.92 Å². The van der Waals surface area contributed by atoms with Crippen LogP contribution in [-0.4, -0.2) is 48.1 Å². The van der Waals surface area contributed by atoms with Gasteiger partial charge in [0.25, 0.3) is 5.91 Å². The number of hydrogen-bond donors (Lipinski definition) is 1. The molecule has 0 radical (unpaired) electrons. The summed E-state index contributed by atoms with van der Waals surface area (Å²) in [6.45, 7) is 5.39. The number of ether oxygens (including phenoxy) is 2. The van der Waals surface area contributed by atoms with E-state index in [-0.39, 0.29) is 17.7 Å². The van der Waals surface area contributed by atoms with Gasteiger partial charge in [-0.25, -0.2) is 0 Å². The van der Waals surface area contributed by atoms with Gasteiger partial charge in [0, 0.05) is 25.4 Å². The topological polar surface area (TPSA) is 72.8 Å². The molecule has 0 saturated carbocycles. The molecule has 1 aromatic carbocycles. The quantitative estimate of drug-likeness (QED) is 0.794. The molecule has 1 aliphatic rings. The van der Waals surface area contributed by atoms with Crippen molar-refractivity contribution in [2.75, 3.05) is 20.8 Å². The fourth-order valence-electron chi connectivity index (χ4n) is 3.44. The molecule has 1 unspecified atom stereocenters. The first-order valence-electron chi connectivity index (χ1n) is 9.38. The zero-order valence-corrected chi connectivity index (χ0v) is 16.8. The van der Waals surface area contributed by atoms with Crippen molar-refractivity contribution in [2.45, 2.75) is 33.0 Å². The van der Waals surface area contributed by atoms with E-state index in [0.717, 1.165) is 5.56 Å². The van der Waals surface area contributed by atoms with E-state index in [2.05, 4.69) is 5.32 Å². The predicted octanol–water partition coefficient (Wildman–Crippen LogP) is 2.30. The molecule has 1 aromatic heterocycles. The fourth-order valence-corrected chi connectivity index (χ4v) is 3.44. The van der Waals surface area contributed by atoms with Crippen LogP contribution in [0.5, 0.6) is 11.5 Å². The average molecular weight is 385 g/mol. The lowest BCUT2D eigenvalue weighted by Crippen LogP contribution is -2.55. The van der Waals surface area contributed by atoms with Crippen LogP contribution in [0.1, 0.15) is 29.9 Å². The summed E-state index contributed by atoms with van der Waals surface area (Å²) in [5.41, 5.74) is 1.49. The highest BCUT2D eigenvalue weighted by Gasteiger charge is 2.36. The highest BCUT2D eigenvalue weighted by molar-refractivity contribution is 5.97. The van der Waals surface area contributed by atoms with E-state index >= 15 is 0 Å². The van der Waals surface area contributed by atoms with E-state index < -0.39 is 6.04 Å². The number of nitrogens with zero attached hydrogens (tertiary/aromatic N) is 2. The smallest absolute Gasteiger partial charge is 0.271 e. The largest absolute Gasteiger partial charge is 0.497 e. The second-order valence-corrected chi connectivity index (χ2v) is 7.35. The molecule has 0 fully saturated rings. The summed E-state index contributed by atoms with van der Waals surface area (Å²) in [6.07, 6.45) is 1.84. The number of amides is 2. The van der Waals surface area contributed by atoms with E-state index in [1.54, 1.807) is 31.3 Å². The summed E-state index contributed by atoms with van der Waals surface area (Å²) in [5, 5.41) is 2.96. The summed E-state index contributed by atoms with van der Waals surface area (Å²) < 4.78 is 12.4. The Bertz CT molecular complexity index is 837. The summed E-state index contributed by atoms with van der Waals surface area (Å²) in [4.78, 5) is 27.5. The summed E-state index contributed by atoms with van der Waals surface area (Å²) in [7, 11) is 3.17. The number of carbonyl (C=O) groups is 2. The van der Waals surface area contributed by atoms with E-state index in [9.17, 15) is 9.59 Å². The number of benzene rings is 1. The van der Waals surface area contributed by atoms with Gasteiger partial charge in [-0.15, -0.1) is 0 Å². The average Bonchev–Trinajstić information content (AvgIpc) is 3.16. The van der Waals surface area contributed by atoms with E-state index in [1.807, 2.05) is 42.8 Å². The molecule has 7 heteroatoms. The third-order valence-electron chi connectivity index (χ3n) is 4.80. The third kappa shape index (κ3) is 4.13. The SMILES string of the molecule is COc1cc(CNC(=O)C2Cn3cccc3C(=O)N2CC(C)C)cc(OC)c1. The van der Waals surface area contributed by atoms with Gasteiger partial charge in [-0.2, -0.15) is 0 Å². The van der Waals surface area contributed by atoms with Crippen molar-refractivity contribution in [3.63, 3.8) is 0 Å². The van der Waals surface area contributed by atoms with Crippen molar-refractivity contribution < 1.29 is 19.1 Å². The number of aromatic nitrogens is 1. The molecular weight excluding hydrogens is 358 g/mol. The van der Waals surface area contributed by atoms with Crippen LogP contribution in [0.4, 0.5) is 0 Å². The van der Waals surface area contributed by atoms with Crippen molar-refractivity contribution in [3.8, 4) is 11.5 Å². The van der Waals surface area contributed by atoms with Crippen LogP contribution < -0.4 is 14.8 Å². The Hall–Kier alpha value is -2.96. The third-order valence-corrected chi connectivity index (χ3v) is 4.80. The number of hydrogen-bond acceptors (Lipinski definition) is 4. The van der Waals surface area contributed by atoms with Gasteiger partial charge in [-0.1, -0.05) is 13.8 Å². The van der Waals surface area contributed by atoms with Crippen molar-refractivity contribution in [1.29, 1.82) is 0 Å². The Morgan fingerprint density at radius 3 is 2.50 bits per heavy atom. The molecule has 0 spiro atoms. The van der Waals surface area contributed by atoms with Gasteiger partial charge in [0.1, 0.15) is 23.2 Å². The summed E-state index contributed by atoms with van der Waals surface area (Å²) in [5.74, 6) is 1.32. The standard InChI is InChI=1S/C21H27N3O4/c1-14(2)12-24-19(13-23-7-5-6-18(23)21(24)26)20(25)22-11-15-8-16(27-3)10-17(9-15)28-4/h5-10,14,19H,11-13H2,1-4H3,(H,22,25). The molecule has 1 atom stereocenters. The normalized spacial score (nSPS) is 16.1. The maximum absolute atomic E-state index is 13.0. The van der Waals surface area contributed by atoms with Gasteiger partial charge in [-0.3, -0.25) is 9.59 Å². The van der Waals surface area contributed by atoms with Crippen molar-refractivity contribution in [3.05, 3.63) is 47.8 Å². The number of methoxy groups -OCH3 is 2. The zero-order valence-electron chi connectivity index (χ0n) is 16.8. The monoisotopic (exact) mass is 385 g/mol. The second kappa shape index (κ2) is 8.37. The molecule has 150 valence electrons. The van der Waals surface area contributed by atoms with Crippen molar-refractivity contribution in [2.24, 2.45) is 5.92 Å². The van der Waals surface area contributed by atoms with E-state index in [4.69, 9.17) is 9.47 Å². The van der Waals surface area contributed by atoms with E-state index in [0.29, 0.717) is 36.8 Å². The number of carbonyl (C=O) groups excluding carboxylic acids is 2. The maximum atomic E-state index is 13.0. The lowest BCUT2D eigenvalue weighted by Gasteiger charge is -2.36. The van der Waals surface area contributed by atoms with Crippen LogP contribution in [-0.2, 0) is 17.9 Å². The van der Waals surface area contributed by atoms with Gasteiger partial charge >= 0.3 is 0 Å². The lowest BCUT2D eigenvalue weighted by atomic mass is 10.1. The molecule has 2 aromatic rings. The molecule has 2 amide bonds. The minimum Gasteiger partial charge on any atom is -0.497 e. The van der Waals surface area contributed by atoms with Crippen LogP contribution in [0.2, 0.25) is 0 Å². The van der Waals surface area contributed by atoms with Crippen LogP contribution in [0.15, 0.2) is 36.5 Å². The molecular formula is C21H27N3O4. The molecule has 1 N–H and O–H groups in total. The minimum atomic E-state index is -0.540. The van der Waals surface area contributed by atoms with Gasteiger partial charge < -0.3 is 24.3 Å². The highest BCUT2D eigenvalue weighted by atomic mass is 16.5.